The van der Waals surface area contributed by atoms with Gasteiger partial charge in [0.2, 0.25) is 5.91 Å². The highest BCUT2D eigenvalue weighted by atomic mass is 16.5. The largest absolute Gasteiger partial charge is 0.375 e. The normalized spacial score (nSPS) is 29.0. The van der Waals surface area contributed by atoms with Crippen molar-refractivity contribution in [1.29, 1.82) is 0 Å². The second-order valence-corrected chi connectivity index (χ2v) is 3.70. The monoisotopic (exact) mass is 186 g/mol. The van der Waals surface area contributed by atoms with Gasteiger partial charge in [0.1, 0.15) is 6.61 Å². The molecule has 1 amide bonds. The maximum Gasteiger partial charge on any atom is 0.248 e. The number of nitrogens with zero attached hydrogens (tertiary/aromatic N) is 1. The van der Waals surface area contributed by atoms with Crippen molar-refractivity contribution >= 4 is 5.91 Å². The zero-order valence-electron chi connectivity index (χ0n) is 8.54. The predicted octanol–water partition coefficient (Wildman–Crippen LogP) is -0.158. The Morgan fingerprint density at radius 3 is 2.46 bits per heavy atom. The van der Waals surface area contributed by atoms with Crippen molar-refractivity contribution in [2.45, 2.75) is 25.9 Å². The van der Waals surface area contributed by atoms with Crippen molar-refractivity contribution in [3.63, 3.8) is 0 Å². The fourth-order valence-electron chi connectivity index (χ4n) is 1.75. The zero-order chi connectivity index (χ0) is 9.84. The molecular formula is C9H18N2O2. The van der Waals surface area contributed by atoms with Gasteiger partial charge in [-0.3, -0.25) is 4.79 Å². The molecule has 1 rings (SSSR count). The molecule has 0 bridgehead atoms. The first-order valence-corrected chi connectivity index (χ1v) is 4.66. The van der Waals surface area contributed by atoms with Crippen molar-refractivity contribution in [3.05, 3.63) is 0 Å². The third-order valence-electron chi connectivity index (χ3n) is 2.18. The van der Waals surface area contributed by atoms with Crippen molar-refractivity contribution in [3.8, 4) is 0 Å². The van der Waals surface area contributed by atoms with E-state index in [1.54, 1.807) is 7.11 Å². The maximum atomic E-state index is 11.5. The summed E-state index contributed by atoms with van der Waals surface area (Å²) in [5.41, 5.74) is 0. The Morgan fingerprint density at radius 2 is 2.00 bits per heavy atom. The van der Waals surface area contributed by atoms with E-state index in [1.807, 2.05) is 4.90 Å². The van der Waals surface area contributed by atoms with E-state index in [9.17, 15) is 4.79 Å². The van der Waals surface area contributed by atoms with E-state index in [1.165, 1.54) is 0 Å². The standard InChI is InChI=1S/C9H18N2O2/c1-7-4-11(5-8(2)10-7)9(12)6-13-3/h7-8,10H,4-6H2,1-3H3/t7-,8+. The van der Waals surface area contributed by atoms with Gasteiger partial charge in [-0.2, -0.15) is 0 Å². The molecule has 0 unspecified atom stereocenters. The average Bonchev–Trinajstić information content (AvgIpc) is 2.03. The number of carbonyl (C=O) groups excluding carboxylic acids is 1. The molecule has 76 valence electrons. The molecule has 0 aromatic carbocycles. The number of hydrogen-bond acceptors (Lipinski definition) is 3. The summed E-state index contributed by atoms with van der Waals surface area (Å²) in [6.45, 7) is 5.93. The van der Waals surface area contributed by atoms with Crippen molar-refractivity contribution < 1.29 is 9.53 Å². The number of carbonyl (C=O) groups is 1. The summed E-state index contributed by atoms with van der Waals surface area (Å²) in [6.07, 6.45) is 0. The third-order valence-corrected chi connectivity index (χ3v) is 2.18. The van der Waals surface area contributed by atoms with Crippen LogP contribution in [0.4, 0.5) is 0 Å². The second-order valence-electron chi connectivity index (χ2n) is 3.70. The van der Waals surface area contributed by atoms with Crippen molar-refractivity contribution in [2.24, 2.45) is 0 Å². The molecule has 4 heteroatoms. The molecule has 2 atom stereocenters. The van der Waals surface area contributed by atoms with Gasteiger partial charge in [0.15, 0.2) is 0 Å². The molecule has 1 fully saturated rings. The van der Waals surface area contributed by atoms with E-state index in [0.717, 1.165) is 13.1 Å². The molecule has 0 spiro atoms. The number of ether oxygens (including phenoxy) is 1. The van der Waals surface area contributed by atoms with Crippen molar-refractivity contribution in [2.75, 3.05) is 26.8 Å². The van der Waals surface area contributed by atoms with E-state index in [4.69, 9.17) is 4.74 Å². The number of rotatable bonds is 2. The Morgan fingerprint density at radius 1 is 1.46 bits per heavy atom. The van der Waals surface area contributed by atoms with Crippen LogP contribution >= 0.6 is 0 Å². The van der Waals surface area contributed by atoms with Gasteiger partial charge in [0.25, 0.3) is 0 Å². The Hall–Kier alpha value is -0.610. The zero-order valence-corrected chi connectivity index (χ0v) is 8.54. The fraction of sp³-hybridized carbons (Fsp3) is 0.889. The summed E-state index contributed by atoms with van der Waals surface area (Å²) in [5.74, 6) is 0.0858. The van der Waals surface area contributed by atoms with E-state index >= 15 is 0 Å². The molecule has 0 saturated carbocycles. The number of methoxy groups -OCH3 is 1. The summed E-state index contributed by atoms with van der Waals surface area (Å²) in [4.78, 5) is 13.3. The van der Waals surface area contributed by atoms with Gasteiger partial charge in [0, 0.05) is 32.3 Å². The number of amides is 1. The molecule has 13 heavy (non-hydrogen) atoms. The highest BCUT2D eigenvalue weighted by Gasteiger charge is 2.24. The van der Waals surface area contributed by atoms with Crippen LogP contribution in [0.3, 0.4) is 0 Å². The van der Waals surface area contributed by atoms with Gasteiger partial charge in [-0.15, -0.1) is 0 Å². The second kappa shape index (κ2) is 4.58. The van der Waals surface area contributed by atoms with Crippen LogP contribution in [0.15, 0.2) is 0 Å². The lowest BCUT2D eigenvalue weighted by Gasteiger charge is -2.36. The maximum absolute atomic E-state index is 11.5. The van der Waals surface area contributed by atoms with Gasteiger partial charge in [0.05, 0.1) is 0 Å². The predicted molar refractivity (Wildman–Crippen MR) is 50.5 cm³/mol. The Labute approximate surface area is 79.2 Å². The van der Waals surface area contributed by atoms with Gasteiger partial charge in [-0.25, -0.2) is 0 Å². The van der Waals surface area contributed by atoms with E-state index in [-0.39, 0.29) is 12.5 Å². The molecule has 0 radical (unpaired) electrons. The van der Waals surface area contributed by atoms with Crippen LogP contribution in [-0.2, 0) is 9.53 Å². The van der Waals surface area contributed by atoms with Gasteiger partial charge in [-0.05, 0) is 13.8 Å². The molecule has 1 heterocycles. The summed E-state index contributed by atoms with van der Waals surface area (Å²) < 4.78 is 4.82. The highest BCUT2D eigenvalue weighted by molar-refractivity contribution is 5.77. The molecule has 0 aliphatic carbocycles. The third kappa shape index (κ3) is 2.97. The number of piperazine rings is 1. The summed E-state index contributed by atoms with van der Waals surface area (Å²) >= 11 is 0. The molecule has 1 aliphatic heterocycles. The lowest BCUT2D eigenvalue weighted by molar-refractivity contribution is -0.136. The summed E-state index contributed by atoms with van der Waals surface area (Å²) in [7, 11) is 1.55. The first kappa shape index (κ1) is 10.5. The summed E-state index contributed by atoms with van der Waals surface area (Å²) in [6, 6.07) is 0.758. The number of hydrogen-bond donors (Lipinski definition) is 1. The minimum Gasteiger partial charge on any atom is -0.375 e. The number of nitrogens with one attached hydrogen (secondary N) is 1. The van der Waals surface area contributed by atoms with Crippen LogP contribution in [0.2, 0.25) is 0 Å². The highest BCUT2D eigenvalue weighted by Crippen LogP contribution is 2.04. The van der Waals surface area contributed by atoms with Gasteiger partial charge >= 0.3 is 0 Å². The van der Waals surface area contributed by atoms with Crippen LogP contribution in [0.1, 0.15) is 13.8 Å². The van der Waals surface area contributed by atoms with E-state index in [2.05, 4.69) is 19.2 Å². The van der Waals surface area contributed by atoms with Crippen LogP contribution < -0.4 is 5.32 Å². The van der Waals surface area contributed by atoms with E-state index < -0.39 is 0 Å². The van der Waals surface area contributed by atoms with Gasteiger partial charge < -0.3 is 15.0 Å². The topological polar surface area (TPSA) is 41.6 Å². The molecule has 4 nitrogen and oxygen atoms in total. The smallest absolute Gasteiger partial charge is 0.248 e. The van der Waals surface area contributed by atoms with Crippen LogP contribution in [0, 0.1) is 0 Å². The van der Waals surface area contributed by atoms with E-state index in [0.29, 0.717) is 12.1 Å². The Bertz CT molecular complexity index is 174. The molecule has 0 aromatic rings. The molecule has 1 N–H and O–H groups in total. The molecule has 1 aliphatic rings. The van der Waals surface area contributed by atoms with Crippen LogP contribution in [0.25, 0.3) is 0 Å². The first-order chi connectivity index (χ1) is 6.13. The van der Waals surface area contributed by atoms with Crippen LogP contribution in [0.5, 0.6) is 0 Å². The lowest BCUT2D eigenvalue weighted by Crippen LogP contribution is -2.56. The minimum absolute atomic E-state index is 0.0858. The molecule has 0 aromatic heterocycles. The van der Waals surface area contributed by atoms with Crippen molar-refractivity contribution in [1.82, 2.24) is 10.2 Å². The first-order valence-electron chi connectivity index (χ1n) is 4.66. The van der Waals surface area contributed by atoms with Crippen LogP contribution in [-0.4, -0.2) is 49.7 Å². The minimum atomic E-state index is 0.0858. The molecular weight excluding hydrogens is 168 g/mol. The SMILES string of the molecule is COCC(=O)N1C[C@@H](C)N[C@@H](C)C1. The Kier molecular flexibility index (Phi) is 3.69. The molecule has 1 saturated heterocycles. The average molecular weight is 186 g/mol. The summed E-state index contributed by atoms with van der Waals surface area (Å²) in [5, 5.41) is 3.37. The lowest BCUT2D eigenvalue weighted by atomic mass is 10.1. The Balaban J connectivity index is 2.45. The quantitative estimate of drug-likeness (QED) is 0.651. The fourth-order valence-corrected chi connectivity index (χ4v) is 1.75. The van der Waals surface area contributed by atoms with Gasteiger partial charge in [-0.1, -0.05) is 0 Å².